The Kier molecular flexibility index (Phi) is 12.9. The maximum atomic E-state index is 9.56. The van der Waals surface area contributed by atoms with Gasteiger partial charge in [-0.05, 0) is 39.3 Å². The lowest BCUT2D eigenvalue weighted by molar-refractivity contribution is 0.283. The molecule has 0 unspecified atom stereocenters. The van der Waals surface area contributed by atoms with Crippen LogP contribution in [0.3, 0.4) is 0 Å². The van der Waals surface area contributed by atoms with E-state index >= 15 is 0 Å². The smallest absolute Gasteiger partial charge is 0.319 e. The van der Waals surface area contributed by atoms with Crippen LogP contribution in [0.5, 0.6) is 0 Å². The fraction of sp³-hybridized carbons (Fsp3) is 0.636. The molecule has 0 rings (SSSR count). The molecule has 2 N–H and O–H groups in total. The maximum absolute atomic E-state index is 9.56. The Labute approximate surface area is 105 Å². The number of rotatable bonds is 8. The van der Waals surface area contributed by atoms with Gasteiger partial charge in [-0.2, -0.15) is 8.42 Å². The average Bonchev–Trinajstić information content (AvgIpc) is 2.18. The van der Waals surface area contributed by atoms with Crippen LogP contribution in [-0.4, -0.2) is 33.2 Å². The number of nitrogens with one attached hydrogen (secondary N) is 1. The van der Waals surface area contributed by atoms with Crippen molar-refractivity contribution in [2.24, 2.45) is 5.92 Å². The van der Waals surface area contributed by atoms with E-state index in [4.69, 9.17) is 4.55 Å². The van der Waals surface area contributed by atoms with E-state index in [0.29, 0.717) is 5.92 Å². The third-order valence-corrected chi connectivity index (χ3v) is 2.29. The summed E-state index contributed by atoms with van der Waals surface area (Å²) in [5, 5.41) is 3.14. The van der Waals surface area contributed by atoms with Crippen LogP contribution in [0, 0.1) is 5.92 Å². The van der Waals surface area contributed by atoms with Crippen molar-refractivity contribution in [2.75, 3.05) is 20.2 Å². The van der Waals surface area contributed by atoms with Gasteiger partial charge in [0.05, 0.1) is 6.61 Å². The van der Waals surface area contributed by atoms with Crippen LogP contribution in [0.25, 0.3) is 0 Å². The molecule has 6 heteroatoms. The van der Waals surface area contributed by atoms with Crippen molar-refractivity contribution in [1.82, 2.24) is 5.32 Å². The van der Waals surface area contributed by atoms with Crippen LogP contribution in [0.2, 0.25) is 0 Å². The molecule has 0 bridgehead atoms. The Balaban J connectivity index is 0. The van der Waals surface area contributed by atoms with Gasteiger partial charge in [-0.1, -0.05) is 12.2 Å². The van der Waals surface area contributed by atoms with Gasteiger partial charge in [-0.3, -0.25) is 4.55 Å². The minimum Gasteiger partial charge on any atom is -0.319 e. The summed E-state index contributed by atoms with van der Waals surface area (Å²) in [6.45, 7) is 9.90. The standard InChI is InChI=1S/C9H17N.C2H6O4S/c1-4-6-9(7-5-2)8-10-3;1-2-6-7(3,4)5/h4-5,9-10H,1-2,6-8H2,3H3;2H2,1H3,(H,3,4,5). The molecule has 0 aromatic rings. The second-order valence-corrected chi connectivity index (χ2v) is 4.40. The number of hydrogen-bond donors (Lipinski definition) is 2. The zero-order chi connectivity index (χ0) is 13.7. The van der Waals surface area contributed by atoms with Gasteiger partial charge >= 0.3 is 10.4 Å². The van der Waals surface area contributed by atoms with Gasteiger partial charge in [-0.15, -0.1) is 13.2 Å². The average molecular weight is 265 g/mol. The van der Waals surface area contributed by atoms with Gasteiger partial charge in [-0.25, -0.2) is 4.18 Å². The first-order chi connectivity index (χ1) is 7.91. The largest absolute Gasteiger partial charge is 0.397 e. The normalized spacial score (nSPS) is 10.6. The lowest BCUT2D eigenvalue weighted by Crippen LogP contribution is -2.17. The summed E-state index contributed by atoms with van der Waals surface area (Å²) in [4.78, 5) is 0. The summed E-state index contributed by atoms with van der Waals surface area (Å²) in [7, 11) is -2.20. The summed E-state index contributed by atoms with van der Waals surface area (Å²) in [6, 6.07) is 0. The summed E-state index contributed by atoms with van der Waals surface area (Å²) in [5.41, 5.74) is 0. The zero-order valence-electron chi connectivity index (χ0n) is 10.6. The molecule has 0 radical (unpaired) electrons. The Hall–Kier alpha value is -0.690. The Bertz CT molecular complexity index is 278. The SMILES string of the molecule is C=CCC(CC=C)CNC.CCOS(=O)(=O)O. The Morgan fingerprint density at radius 1 is 1.35 bits per heavy atom. The molecule has 0 aromatic heterocycles. The number of hydrogen-bond acceptors (Lipinski definition) is 4. The van der Waals surface area contributed by atoms with Crippen molar-refractivity contribution in [1.29, 1.82) is 0 Å². The Morgan fingerprint density at radius 2 is 1.82 bits per heavy atom. The van der Waals surface area contributed by atoms with E-state index in [1.807, 2.05) is 19.2 Å². The predicted molar refractivity (Wildman–Crippen MR) is 70.2 cm³/mol. The minimum absolute atomic E-state index is 0.0289. The molecule has 0 aromatic carbocycles. The molecule has 5 nitrogen and oxygen atoms in total. The van der Waals surface area contributed by atoms with Crippen LogP contribution in [0.15, 0.2) is 25.3 Å². The van der Waals surface area contributed by atoms with Gasteiger partial charge in [0.15, 0.2) is 0 Å². The molecule has 0 aliphatic heterocycles. The molecular formula is C11H23NO4S. The molecule has 0 aliphatic carbocycles. The van der Waals surface area contributed by atoms with Crippen molar-refractivity contribution < 1.29 is 17.2 Å². The first-order valence-corrected chi connectivity index (χ1v) is 6.75. The first kappa shape index (κ1) is 18.7. The van der Waals surface area contributed by atoms with E-state index in [1.54, 1.807) is 0 Å². The third kappa shape index (κ3) is 17.9. The molecule has 0 spiro atoms. The lowest BCUT2D eigenvalue weighted by Gasteiger charge is -2.10. The molecular weight excluding hydrogens is 242 g/mol. The van der Waals surface area contributed by atoms with Crippen molar-refractivity contribution in [3.8, 4) is 0 Å². The van der Waals surface area contributed by atoms with Gasteiger partial charge in [0.1, 0.15) is 0 Å². The van der Waals surface area contributed by atoms with E-state index in [1.165, 1.54) is 6.92 Å². The van der Waals surface area contributed by atoms with E-state index in [9.17, 15) is 8.42 Å². The van der Waals surface area contributed by atoms with Gasteiger partial charge in [0, 0.05) is 0 Å². The minimum atomic E-state index is -4.17. The second kappa shape index (κ2) is 11.8. The molecule has 0 heterocycles. The molecule has 0 fully saturated rings. The molecule has 0 saturated heterocycles. The van der Waals surface area contributed by atoms with Gasteiger partial charge < -0.3 is 5.32 Å². The molecule has 17 heavy (non-hydrogen) atoms. The fourth-order valence-electron chi connectivity index (χ4n) is 1.17. The predicted octanol–water partition coefficient (Wildman–Crippen LogP) is 1.80. The van der Waals surface area contributed by atoms with Crippen molar-refractivity contribution in [3.63, 3.8) is 0 Å². The lowest BCUT2D eigenvalue weighted by atomic mass is 10.0. The highest BCUT2D eigenvalue weighted by Crippen LogP contribution is 2.07. The van der Waals surface area contributed by atoms with Crippen molar-refractivity contribution in [2.45, 2.75) is 19.8 Å². The summed E-state index contributed by atoms with van der Waals surface area (Å²) in [5.74, 6) is 0.681. The molecule has 0 saturated carbocycles. The summed E-state index contributed by atoms with van der Waals surface area (Å²) >= 11 is 0. The van der Waals surface area contributed by atoms with Crippen molar-refractivity contribution in [3.05, 3.63) is 25.3 Å². The highest BCUT2D eigenvalue weighted by molar-refractivity contribution is 7.80. The van der Waals surface area contributed by atoms with E-state index < -0.39 is 10.4 Å². The Morgan fingerprint density at radius 3 is 2.00 bits per heavy atom. The van der Waals surface area contributed by atoms with E-state index in [2.05, 4.69) is 22.7 Å². The molecule has 0 aliphatic rings. The maximum Gasteiger partial charge on any atom is 0.397 e. The van der Waals surface area contributed by atoms with Crippen LogP contribution < -0.4 is 5.32 Å². The quantitative estimate of drug-likeness (QED) is 0.517. The van der Waals surface area contributed by atoms with E-state index in [0.717, 1.165) is 19.4 Å². The topological polar surface area (TPSA) is 75.6 Å². The van der Waals surface area contributed by atoms with Gasteiger partial charge in [0.2, 0.25) is 0 Å². The highest BCUT2D eigenvalue weighted by atomic mass is 32.3. The van der Waals surface area contributed by atoms with Crippen molar-refractivity contribution >= 4 is 10.4 Å². The second-order valence-electron chi connectivity index (χ2n) is 3.31. The van der Waals surface area contributed by atoms with Crippen LogP contribution in [-0.2, 0) is 14.6 Å². The fourth-order valence-corrected chi connectivity index (χ4v) is 1.47. The molecule has 0 amide bonds. The summed E-state index contributed by atoms with van der Waals surface area (Å²) < 4.78 is 30.7. The molecule has 0 atom stereocenters. The monoisotopic (exact) mass is 265 g/mol. The summed E-state index contributed by atoms with van der Waals surface area (Å²) in [6.07, 6.45) is 6.08. The zero-order valence-corrected chi connectivity index (χ0v) is 11.4. The van der Waals surface area contributed by atoms with Gasteiger partial charge in [0.25, 0.3) is 0 Å². The van der Waals surface area contributed by atoms with E-state index in [-0.39, 0.29) is 6.61 Å². The first-order valence-electron chi connectivity index (χ1n) is 5.39. The molecule has 102 valence electrons. The third-order valence-electron chi connectivity index (χ3n) is 1.76. The van der Waals surface area contributed by atoms with Crippen LogP contribution in [0.1, 0.15) is 19.8 Å². The van der Waals surface area contributed by atoms with Crippen LogP contribution >= 0.6 is 0 Å². The number of allylic oxidation sites excluding steroid dienone is 2. The van der Waals surface area contributed by atoms with Crippen LogP contribution in [0.4, 0.5) is 0 Å². The highest BCUT2D eigenvalue weighted by Gasteiger charge is 2.01.